The molecule has 1 aliphatic heterocycles. The first kappa shape index (κ1) is 21.0. The van der Waals surface area contributed by atoms with Gasteiger partial charge in [-0.2, -0.15) is 0 Å². The maximum atomic E-state index is 13.5. The maximum absolute atomic E-state index is 13.5. The van der Waals surface area contributed by atoms with Gasteiger partial charge in [0.05, 0.1) is 18.5 Å². The number of nitrogens with one attached hydrogen (secondary N) is 1. The van der Waals surface area contributed by atoms with Gasteiger partial charge in [-0.05, 0) is 44.4 Å². The summed E-state index contributed by atoms with van der Waals surface area (Å²) in [7, 11) is 0. The summed E-state index contributed by atoms with van der Waals surface area (Å²) in [5.74, 6) is 0.190. The van der Waals surface area contributed by atoms with Crippen LogP contribution >= 0.6 is 0 Å². The van der Waals surface area contributed by atoms with Gasteiger partial charge in [-0.1, -0.05) is 6.42 Å². The smallest absolute Gasteiger partial charge is 0.269 e. The van der Waals surface area contributed by atoms with E-state index in [4.69, 9.17) is 9.72 Å². The molecular weight excluding hydrogens is 422 g/mol. The molecule has 2 N–H and O–H groups in total. The van der Waals surface area contributed by atoms with Crippen molar-refractivity contribution in [2.45, 2.75) is 62.9 Å². The largest absolute Gasteiger partial charge is 0.505 e. The van der Waals surface area contributed by atoms with Gasteiger partial charge in [0, 0.05) is 44.2 Å². The number of carbonyl (C=O) groups is 1. The highest BCUT2D eigenvalue weighted by Crippen LogP contribution is 2.57. The summed E-state index contributed by atoms with van der Waals surface area (Å²) in [6, 6.07) is 0. The second-order valence-electron chi connectivity index (χ2n) is 10.3. The van der Waals surface area contributed by atoms with Crippen LogP contribution in [-0.4, -0.2) is 68.8 Å². The molecule has 1 saturated heterocycles. The molecule has 0 atom stereocenters. The number of aromatic hydroxyl groups is 1. The van der Waals surface area contributed by atoms with Gasteiger partial charge in [0.25, 0.3) is 11.5 Å². The highest BCUT2D eigenvalue weighted by molar-refractivity contribution is 6.01. The summed E-state index contributed by atoms with van der Waals surface area (Å²) in [4.78, 5) is 38.2. The Bertz CT molecular complexity index is 1130. The topological polar surface area (TPSA) is 110 Å². The molecule has 9 nitrogen and oxygen atoms in total. The number of aromatic nitrogens is 3. The Balaban J connectivity index is 1.38. The Morgan fingerprint density at radius 1 is 1.18 bits per heavy atom. The SMILES string of the molecule is O=C(NC12CC(C1)C2)c1c(O)c2nc(C3CCC3)cnc2n(CCN2CCCOCC2)c1=O. The predicted molar refractivity (Wildman–Crippen MR) is 121 cm³/mol. The fraction of sp³-hybridized carbons (Fsp3) is 0.667. The fourth-order valence-corrected chi connectivity index (χ4v) is 5.71. The zero-order valence-electron chi connectivity index (χ0n) is 18.9. The molecule has 0 radical (unpaired) electrons. The Hall–Kier alpha value is -2.52. The highest BCUT2D eigenvalue weighted by atomic mass is 16.5. The minimum atomic E-state index is -0.499. The lowest BCUT2D eigenvalue weighted by Crippen LogP contribution is -2.68. The van der Waals surface area contributed by atoms with Crippen molar-refractivity contribution in [3.8, 4) is 5.75 Å². The van der Waals surface area contributed by atoms with Crippen LogP contribution in [0.4, 0.5) is 0 Å². The standard InChI is InChI=1S/C24H31N5O4/c30-20-18(22(31)27-24-11-15(12-24)13-24)23(32)29(7-6-28-5-2-9-33-10-8-28)21-19(20)26-17(14-25-21)16-3-1-4-16/h14-16,30H,1-13H2,(H,27,31). The molecule has 2 aromatic heterocycles. The zero-order chi connectivity index (χ0) is 22.6. The molecule has 7 rings (SSSR count). The van der Waals surface area contributed by atoms with Crippen molar-refractivity contribution in [1.82, 2.24) is 24.8 Å². The van der Waals surface area contributed by atoms with Gasteiger partial charge in [0.15, 0.2) is 11.4 Å². The van der Waals surface area contributed by atoms with Gasteiger partial charge in [-0.25, -0.2) is 9.97 Å². The number of nitrogens with zero attached hydrogens (tertiary/aromatic N) is 4. The number of hydrogen-bond acceptors (Lipinski definition) is 7. The first-order chi connectivity index (χ1) is 16.0. The number of pyridine rings is 1. The molecule has 5 aliphatic rings. The molecule has 9 heteroatoms. The van der Waals surface area contributed by atoms with Gasteiger partial charge in [0.2, 0.25) is 0 Å². The van der Waals surface area contributed by atoms with Crippen molar-refractivity contribution >= 4 is 17.1 Å². The summed E-state index contributed by atoms with van der Waals surface area (Å²) in [6.07, 6.45) is 8.82. The Morgan fingerprint density at radius 2 is 2.00 bits per heavy atom. The second kappa shape index (κ2) is 8.06. The van der Waals surface area contributed by atoms with Crippen molar-refractivity contribution < 1.29 is 14.6 Å². The number of fused-ring (bicyclic) bond motifs is 1. The van der Waals surface area contributed by atoms with Crippen LogP contribution in [0, 0.1) is 5.92 Å². The van der Waals surface area contributed by atoms with Crippen LogP contribution in [0.2, 0.25) is 0 Å². The van der Waals surface area contributed by atoms with Crippen molar-refractivity contribution in [2.24, 2.45) is 5.92 Å². The average Bonchev–Trinajstić information content (AvgIpc) is 2.98. The molecule has 33 heavy (non-hydrogen) atoms. The molecule has 0 aromatic carbocycles. The molecule has 4 aliphatic carbocycles. The van der Waals surface area contributed by atoms with Gasteiger partial charge in [-0.3, -0.25) is 19.1 Å². The zero-order valence-corrected chi connectivity index (χ0v) is 18.9. The summed E-state index contributed by atoms with van der Waals surface area (Å²) in [5.41, 5.74) is 0.526. The summed E-state index contributed by atoms with van der Waals surface area (Å²) >= 11 is 0. The predicted octanol–water partition coefficient (Wildman–Crippen LogP) is 1.77. The van der Waals surface area contributed by atoms with Crippen molar-refractivity contribution in [2.75, 3.05) is 32.8 Å². The Labute approximate surface area is 192 Å². The van der Waals surface area contributed by atoms with Crippen molar-refractivity contribution in [3.05, 3.63) is 27.8 Å². The molecular formula is C24H31N5O4. The third-order valence-corrected chi connectivity index (χ3v) is 8.07. The van der Waals surface area contributed by atoms with Crippen molar-refractivity contribution in [1.29, 1.82) is 0 Å². The van der Waals surface area contributed by atoms with E-state index in [1.807, 2.05) is 0 Å². The molecule has 2 aromatic rings. The molecule has 0 unspecified atom stereocenters. The van der Waals surface area contributed by atoms with Gasteiger partial charge < -0.3 is 15.2 Å². The van der Waals surface area contributed by atoms with E-state index in [1.54, 1.807) is 6.20 Å². The lowest BCUT2D eigenvalue weighted by Gasteiger charge is -2.61. The van der Waals surface area contributed by atoms with E-state index in [2.05, 4.69) is 15.2 Å². The van der Waals surface area contributed by atoms with Crippen LogP contribution in [0.5, 0.6) is 5.75 Å². The van der Waals surface area contributed by atoms with Gasteiger partial charge in [0.1, 0.15) is 11.1 Å². The van der Waals surface area contributed by atoms with E-state index < -0.39 is 11.5 Å². The minimum Gasteiger partial charge on any atom is -0.505 e. The first-order valence-corrected chi connectivity index (χ1v) is 12.3. The van der Waals surface area contributed by atoms with Crippen LogP contribution in [0.15, 0.2) is 11.0 Å². The third kappa shape index (κ3) is 3.61. The Morgan fingerprint density at radius 3 is 2.70 bits per heavy atom. The van der Waals surface area contributed by atoms with E-state index >= 15 is 0 Å². The van der Waals surface area contributed by atoms with Crippen molar-refractivity contribution in [3.63, 3.8) is 0 Å². The van der Waals surface area contributed by atoms with E-state index in [1.165, 1.54) is 4.57 Å². The first-order valence-electron chi connectivity index (χ1n) is 12.3. The average molecular weight is 454 g/mol. The summed E-state index contributed by atoms with van der Waals surface area (Å²) < 4.78 is 7.06. The third-order valence-electron chi connectivity index (χ3n) is 8.07. The number of carbonyl (C=O) groups excluding carboxylic acids is 1. The van der Waals surface area contributed by atoms with E-state index in [0.29, 0.717) is 37.2 Å². The molecule has 5 fully saturated rings. The number of amides is 1. The maximum Gasteiger partial charge on any atom is 0.269 e. The van der Waals surface area contributed by atoms with E-state index in [-0.39, 0.29) is 22.4 Å². The monoisotopic (exact) mass is 453 g/mol. The number of rotatable bonds is 6. The molecule has 0 spiro atoms. The quantitative estimate of drug-likeness (QED) is 0.686. The summed E-state index contributed by atoms with van der Waals surface area (Å²) in [6.45, 7) is 4.15. The second-order valence-corrected chi connectivity index (χ2v) is 10.3. The lowest BCUT2D eigenvalue weighted by molar-refractivity contribution is -0.0439. The van der Waals surface area contributed by atoms with Gasteiger partial charge in [-0.15, -0.1) is 0 Å². The van der Waals surface area contributed by atoms with E-state index in [9.17, 15) is 14.7 Å². The molecule has 4 saturated carbocycles. The minimum absolute atomic E-state index is 0.189. The molecule has 176 valence electrons. The lowest BCUT2D eigenvalue weighted by atomic mass is 9.50. The normalized spacial score (nSPS) is 27.3. The number of hydrogen-bond donors (Lipinski definition) is 2. The highest BCUT2D eigenvalue weighted by Gasteiger charge is 2.57. The molecule has 1 amide bonds. The fourth-order valence-electron chi connectivity index (χ4n) is 5.71. The van der Waals surface area contributed by atoms with E-state index in [0.717, 1.165) is 70.3 Å². The summed E-state index contributed by atoms with van der Waals surface area (Å²) in [5, 5.41) is 14.1. The van der Waals surface area contributed by atoms with Gasteiger partial charge >= 0.3 is 0 Å². The number of ether oxygens (including phenoxy) is 1. The molecule has 2 bridgehead atoms. The van der Waals surface area contributed by atoms with Crippen LogP contribution in [-0.2, 0) is 11.3 Å². The van der Waals surface area contributed by atoms with Crippen LogP contribution in [0.3, 0.4) is 0 Å². The van der Waals surface area contributed by atoms with Crippen LogP contribution < -0.4 is 10.9 Å². The Kier molecular flexibility index (Phi) is 5.14. The molecule has 3 heterocycles. The van der Waals surface area contributed by atoms with Crippen LogP contribution in [0.1, 0.15) is 66.9 Å². The van der Waals surface area contributed by atoms with Crippen LogP contribution in [0.25, 0.3) is 11.2 Å².